The normalized spacial score (nSPS) is 12.3. The summed E-state index contributed by atoms with van der Waals surface area (Å²) in [5.41, 5.74) is -1.15. The summed E-state index contributed by atoms with van der Waals surface area (Å²) in [5, 5.41) is 2.24. The van der Waals surface area contributed by atoms with E-state index >= 15 is 0 Å². The zero-order chi connectivity index (χ0) is 22.9. The molecule has 0 aliphatic carbocycles. The minimum absolute atomic E-state index is 0.0713. The highest BCUT2D eigenvalue weighted by Crippen LogP contribution is 2.37. The second-order valence-corrected chi connectivity index (χ2v) is 9.22. The van der Waals surface area contributed by atoms with Gasteiger partial charge in [0.1, 0.15) is 0 Å². The number of hydrogen-bond acceptors (Lipinski definition) is 4. The van der Waals surface area contributed by atoms with E-state index in [9.17, 15) is 26.4 Å². The van der Waals surface area contributed by atoms with Gasteiger partial charge >= 0.3 is 6.18 Å². The molecule has 0 aromatic heterocycles. The second-order valence-electron chi connectivity index (χ2n) is 7.22. The third kappa shape index (κ3) is 5.11. The maximum atomic E-state index is 13.5. The largest absolute Gasteiger partial charge is 0.418 e. The predicted molar refractivity (Wildman–Crippen MR) is 110 cm³/mol. The number of sulfonamides is 1. The summed E-state index contributed by atoms with van der Waals surface area (Å²) in [6, 6.07) is 8.43. The number of amides is 1. The first-order chi connectivity index (χ1) is 13.7. The standard InChI is InChI=1S/C20H24F3N3O3S/c1-13(2)26(5)30(28,29)16-8-6-7-14(11-16)19(27)24-18-10-9-15(25(3)4)12-17(18)20(21,22)23/h6-13H,1-5H3,(H,24,27). The zero-order valence-corrected chi connectivity index (χ0v) is 18.1. The number of rotatable bonds is 6. The maximum Gasteiger partial charge on any atom is 0.418 e. The van der Waals surface area contributed by atoms with E-state index in [1.54, 1.807) is 27.9 Å². The van der Waals surface area contributed by atoms with Crippen molar-refractivity contribution >= 4 is 27.3 Å². The first kappa shape index (κ1) is 23.7. The molecular weight excluding hydrogens is 419 g/mol. The van der Waals surface area contributed by atoms with E-state index in [0.717, 1.165) is 16.4 Å². The quantitative estimate of drug-likeness (QED) is 0.731. The van der Waals surface area contributed by atoms with Crippen LogP contribution in [-0.4, -0.2) is 45.8 Å². The highest BCUT2D eigenvalue weighted by Gasteiger charge is 2.34. The first-order valence-electron chi connectivity index (χ1n) is 9.03. The second kappa shape index (κ2) is 8.65. The Morgan fingerprint density at radius 3 is 2.20 bits per heavy atom. The molecule has 10 heteroatoms. The number of nitrogens with one attached hydrogen (secondary N) is 1. The Bertz CT molecular complexity index is 1040. The van der Waals surface area contributed by atoms with Crippen LogP contribution in [0, 0.1) is 0 Å². The number of hydrogen-bond donors (Lipinski definition) is 1. The van der Waals surface area contributed by atoms with Crippen molar-refractivity contribution in [1.82, 2.24) is 4.31 Å². The van der Waals surface area contributed by atoms with Crippen LogP contribution in [0.15, 0.2) is 47.4 Å². The molecule has 2 aromatic carbocycles. The Morgan fingerprint density at radius 2 is 1.67 bits per heavy atom. The SMILES string of the molecule is CC(C)N(C)S(=O)(=O)c1cccc(C(=O)Nc2ccc(N(C)C)cc2C(F)(F)F)c1. The number of carbonyl (C=O) groups is 1. The minimum Gasteiger partial charge on any atom is -0.378 e. The fourth-order valence-corrected chi connectivity index (χ4v) is 4.00. The molecule has 0 bridgehead atoms. The Kier molecular flexibility index (Phi) is 6.83. The molecule has 0 saturated heterocycles. The molecule has 1 N–H and O–H groups in total. The number of nitrogens with zero attached hydrogens (tertiary/aromatic N) is 2. The Hall–Kier alpha value is -2.59. The predicted octanol–water partition coefficient (Wildman–Crippen LogP) is 4.05. The lowest BCUT2D eigenvalue weighted by atomic mass is 10.1. The van der Waals surface area contributed by atoms with E-state index in [1.807, 2.05) is 0 Å². The van der Waals surface area contributed by atoms with Gasteiger partial charge in [-0.15, -0.1) is 0 Å². The van der Waals surface area contributed by atoms with Gasteiger partial charge in [0, 0.05) is 38.4 Å². The molecule has 164 valence electrons. The summed E-state index contributed by atoms with van der Waals surface area (Å²) >= 11 is 0. The third-order valence-electron chi connectivity index (χ3n) is 4.57. The highest BCUT2D eigenvalue weighted by molar-refractivity contribution is 7.89. The molecule has 0 radical (unpaired) electrons. The number of carbonyl (C=O) groups excluding carboxylic acids is 1. The van der Waals surface area contributed by atoms with Crippen LogP contribution in [0.2, 0.25) is 0 Å². The van der Waals surface area contributed by atoms with Crippen molar-refractivity contribution in [2.45, 2.75) is 31.0 Å². The van der Waals surface area contributed by atoms with Crippen LogP contribution < -0.4 is 10.2 Å². The van der Waals surface area contributed by atoms with Crippen molar-refractivity contribution in [2.24, 2.45) is 0 Å². The molecule has 2 rings (SSSR count). The fraction of sp³-hybridized carbons (Fsp3) is 0.350. The maximum absolute atomic E-state index is 13.5. The van der Waals surface area contributed by atoms with Crippen LogP contribution >= 0.6 is 0 Å². The van der Waals surface area contributed by atoms with Crippen molar-refractivity contribution < 1.29 is 26.4 Å². The van der Waals surface area contributed by atoms with Crippen molar-refractivity contribution in [3.8, 4) is 0 Å². The molecule has 0 aliphatic heterocycles. The lowest BCUT2D eigenvalue weighted by molar-refractivity contribution is -0.136. The van der Waals surface area contributed by atoms with Gasteiger partial charge in [-0.1, -0.05) is 6.07 Å². The fourth-order valence-electron chi connectivity index (χ4n) is 2.59. The van der Waals surface area contributed by atoms with Crippen LogP contribution in [0.5, 0.6) is 0 Å². The molecule has 0 heterocycles. The highest BCUT2D eigenvalue weighted by atomic mass is 32.2. The summed E-state index contributed by atoms with van der Waals surface area (Å²) in [7, 11) is 0.776. The zero-order valence-electron chi connectivity index (χ0n) is 17.3. The van der Waals surface area contributed by atoms with E-state index in [4.69, 9.17) is 0 Å². The van der Waals surface area contributed by atoms with Gasteiger partial charge in [0.2, 0.25) is 10.0 Å². The summed E-state index contributed by atoms with van der Waals surface area (Å²) in [6.07, 6.45) is -4.68. The molecule has 0 atom stereocenters. The number of halogens is 3. The van der Waals surface area contributed by atoms with Gasteiger partial charge in [-0.3, -0.25) is 4.79 Å². The van der Waals surface area contributed by atoms with Crippen LogP contribution in [0.4, 0.5) is 24.5 Å². The molecule has 0 aliphatic rings. The lowest BCUT2D eigenvalue weighted by Crippen LogP contribution is -2.33. The smallest absolute Gasteiger partial charge is 0.378 e. The Labute approximate surface area is 174 Å². The summed E-state index contributed by atoms with van der Waals surface area (Å²) in [5.74, 6) is -0.845. The van der Waals surface area contributed by atoms with Gasteiger partial charge in [-0.05, 0) is 50.2 Å². The van der Waals surface area contributed by atoms with Crippen LogP contribution in [0.1, 0.15) is 29.8 Å². The van der Waals surface area contributed by atoms with Gasteiger partial charge in [0.25, 0.3) is 5.91 Å². The number of benzene rings is 2. The van der Waals surface area contributed by atoms with Gasteiger partial charge < -0.3 is 10.2 Å². The summed E-state index contributed by atoms with van der Waals surface area (Å²) in [6.45, 7) is 3.40. The Balaban J connectivity index is 2.40. The third-order valence-corrected chi connectivity index (χ3v) is 6.60. The average Bonchev–Trinajstić information content (AvgIpc) is 2.66. The molecule has 2 aromatic rings. The van der Waals surface area contributed by atoms with Crippen molar-refractivity contribution in [3.05, 3.63) is 53.6 Å². The number of alkyl halides is 3. The Morgan fingerprint density at radius 1 is 1.03 bits per heavy atom. The van der Waals surface area contributed by atoms with E-state index in [-0.39, 0.29) is 16.5 Å². The van der Waals surface area contributed by atoms with Crippen molar-refractivity contribution in [3.63, 3.8) is 0 Å². The van der Waals surface area contributed by atoms with Crippen LogP contribution in [0.25, 0.3) is 0 Å². The van der Waals surface area contributed by atoms with Crippen molar-refractivity contribution in [1.29, 1.82) is 0 Å². The van der Waals surface area contributed by atoms with E-state index in [2.05, 4.69) is 5.32 Å². The van der Waals surface area contributed by atoms with Crippen LogP contribution in [0.3, 0.4) is 0 Å². The molecule has 0 spiro atoms. The van der Waals surface area contributed by atoms with Gasteiger partial charge in [0.15, 0.2) is 0 Å². The topological polar surface area (TPSA) is 69.7 Å². The molecule has 0 saturated carbocycles. The van der Waals surface area contributed by atoms with E-state index < -0.39 is 33.4 Å². The molecule has 1 amide bonds. The van der Waals surface area contributed by atoms with Crippen molar-refractivity contribution in [2.75, 3.05) is 31.4 Å². The van der Waals surface area contributed by atoms with E-state index in [0.29, 0.717) is 5.69 Å². The van der Waals surface area contributed by atoms with Gasteiger partial charge in [-0.25, -0.2) is 8.42 Å². The number of anilines is 2. The first-order valence-corrected chi connectivity index (χ1v) is 10.5. The average molecular weight is 443 g/mol. The lowest BCUT2D eigenvalue weighted by Gasteiger charge is -2.21. The molecule has 0 fully saturated rings. The summed E-state index contributed by atoms with van der Waals surface area (Å²) in [4.78, 5) is 14.0. The van der Waals surface area contributed by atoms with Crippen LogP contribution in [-0.2, 0) is 16.2 Å². The molecule has 30 heavy (non-hydrogen) atoms. The molecular formula is C20H24F3N3O3S. The van der Waals surface area contributed by atoms with E-state index in [1.165, 1.54) is 42.3 Å². The van der Waals surface area contributed by atoms with Gasteiger partial charge in [-0.2, -0.15) is 17.5 Å². The molecule has 0 unspecified atom stereocenters. The molecule has 6 nitrogen and oxygen atoms in total. The van der Waals surface area contributed by atoms with Gasteiger partial charge in [0.05, 0.1) is 16.1 Å². The summed E-state index contributed by atoms with van der Waals surface area (Å²) < 4.78 is 66.8. The monoisotopic (exact) mass is 443 g/mol. The minimum atomic E-state index is -4.68.